The first-order valence-electron chi connectivity index (χ1n) is 6.30. The van der Waals surface area contributed by atoms with Gasteiger partial charge in [-0.05, 0) is 27.2 Å². The van der Waals surface area contributed by atoms with Crippen LogP contribution in [0.3, 0.4) is 0 Å². The molecular formula is C12H22N4O. The lowest BCUT2D eigenvalue weighted by molar-refractivity contribution is 0.136. The zero-order chi connectivity index (χ0) is 12.6. The SMILES string of the molecule is CCn1nc(C)c(N)c1N1CCC(C(C)O)C1. The Morgan fingerprint density at radius 1 is 1.59 bits per heavy atom. The molecule has 5 nitrogen and oxygen atoms in total. The van der Waals surface area contributed by atoms with Gasteiger partial charge in [-0.1, -0.05) is 0 Å². The third-order valence-corrected chi connectivity index (χ3v) is 3.65. The van der Waals surface area contributed by atoms with E-state index in [1.165, 1.54) is 0 Å². The molecule has 0 aliphatic carbocycles. The number of hydrogen-bond donors (Lipinski definition) is 2. The van der Waals surface area contributed by atoms with Crippen molar-refractivity contribution in [3.63, 3.8) is 0 Å². The fraction of sp³-hybridized carbons (Fsp3) is 0.750. The van der Waals surface area contributed by atoms with Crippen LogP contribution in [0.25, 0.3) is 0 Å². The van der Waals surface area contributed by atoms with Crippen LogP contribution in [0.1, 0.15) is 26.0 Å². The highest BCUT2D eigenvalue weighted by atomic mass is 16.3. The summed E-state index contributed by atoms with van der Waals surface area (Å²) in [6.45, 7) is 8.51. The third kappa shape index (κ3) is 2.11. The minimum atomic E-state index is -0.250. The Hall–Kier alpha value is -1.23. The van der Waals surface area contributed by atoms with E-state index >= 15 is 0 Å². The topological polar surface area (TPSA) is 67.3 Å². The van der Waals surface area contributed by atoms with Crippen LogP contribution in [0.4, 0.5) is 11.5 Å². The van der Waals surface area contributed by atoms with E-state index in [1.54, 1.807) is 0 Å². The second-order valence-electron chi connectivity index (χ2n) is 4.87. The molecule has 2 rings (SSSR count). The van der Waals surface area contributed by atoms with Gasteiger partial charge in [0, 0.05) is 25.6 Å². The van der Waals surface area contributed by atoms with Gasteiger partial charge in [0.2, 0.25) is 0 Å². The van der Waals surface area contributed by atoms with Crippen molar-refractivity contribution in [2.24, 2.45) is 5.92 Å². The lowest BCUT2D eigenvalue weighted by atomic mass is 10.0. The van der Waals surface area contributed by atoms with Crippen molar-refractivity contribution >= 4 is 11.5 Å². The molecular weight excluding hydrogens is 216 g/mol. The number of nitrogens with zero attached hydrogens (tertiary/aromatic N) is 3. The lowest BCUT2D eigenvalue weighted by Crippen LogP contribution is -2.26. The van der Waals surface area contributed by atoms with E-state index in [0.717, 1.165) is 43.3 Å². The average molecular weight is 238 g/mol. The van der Waals surface area contributed by atoms with Gasteiger partial charge in [-0.15, -0.1) is 0 Å². The fourth-order valence-electron chi connectivity index (χ4n) is 2.51. The molecule has 1 aliphatic rings. The molecule has 1 aromatic rings. The Labute approximate surface area is 102 Å². The molecule has 5 heteroatoms. The molecule has 96 valence electrons. The van der Waals surface area contributed by atoms with Gasteiger partial charge in [0.05, 0.1) is 17.5 Å². The maximum atomic E-state index is 9.64. The number of anilines is 2. The molecule has 0 saturated carbocycles. The molecule has 3 N–H and O–H groups in total. The van der Waals surface area contributed by atoms with Crippen LogP contribution in [0.2, 0.25) is 0 Å². The fourth-order valence-corrected chi connectivity index (χ4v) is 2.51. The monoisotopic (exact) mass is 238 g/mol. The second-order valence-corrected chi connectivity index (χ2v) is 4.87. The number of nitrogen functional groups attached to an aromatic ring is 1. The zero-order valence-electron chi connectivity index (χ0n) is 10.8. The second kappa shape index (κ2) is 4.56. The summed E-state index contributed by atoms with van der Waals surface area (Å²) in [4.78, 5) is 2.25. The van der Waals surface area contributed by atoms with E-state index in [1.807, 2.05) is 18.5 Å². The molecule has 0 aromatic carbocycles. The number of nitrogens with two attached hydrogens (primary N) is 1. The largest absolute Gasteiger partial charge is 0.394 e. The number of aromatic nitrogens is 2. The van der Waals surface area contributed by atoms with Crippen LogP contribution in [0.5, 0.6) is 0 Å². The van der Waals surface area contributed by atoms with Gasteiger partial charge in [-0.2, -0.15) is 5.10 Å². The first-order valence-corrected chi connectivity index (χ1v) is 6.30. The molecule has 1 fully saturated rings. The number of rotatable bonds is 3. The van der Waals surface area contributed by atoms with E-state index in [9.17, 15) is 5.11 Å². The van der Waals surface area contributed by atoms with Crippen LogP contribution >= 0.6 is 0 Å². The first-order chi connectivity index (χ1) is 8.04. The van der Waals surface area contributed by atoms with Gasteiger partial charge >= 0.3 is 0 Å². The number of hydrogen-bond acceptors (Lipinski definition) is 4. The molecule has 17 heavy (non-hydrogen) atoms. The summed E-state index contributed by atoms with van der Waals surface area (Å²) in [5, 5.41) is 14.1. The Morgan fingerprint density at radius 3 is 2.82 bits per heavy atom. The summed E-state index contributed by atoms with van der Waals surface area (Å²) in [6, 6.07) is 0. The summed E-state index contributed by atoms with van der Waals surface area (Å²) in [7, 11) is 0. The normalized spacial score (nSPS) is 22.1. The summed E-state index contributed by atoms with van der Waals surface area (Å²) in [5.74, 6) is 1.36. The Balaban J connectivity index is 2.24. The Morgan fingerprint density at radius 2 is 2.29 bits per heavy atom. The van der Waals surface area contributed by atoms with E-state index in [-0.39, 0.29) is 6.10 Å². The molecule has 0 spiro atoms. The average Bonchev–Trinajstić information content (AvgIpc) is 2.85. The summed E-state index contributed by atoms with van der Waals surface area (Å²) >= 11 is 0. The standard InChI is InChI=1S/C12H22N4O/c1-4-16-12(11(13)8(2)14-16)15-6-5-10(7-15)9(3)17/h9-10,17H,4-7,13H2,1-3H3. The third-order valence-electron chi connectivity index (χ3n) is 3.65. The minimum absolute atomic E-state index is 0.250. The molecule has 1 aromatic heterocycles. The molecule has 1 aliphatic heterocycles. The summed E-state index contributed by atoms with van der Waals surface area (Å²) in [6.07, 6.45) is 0.769. The highest BCUT2D eigenvalue weighted by Gasteiger charge is 2.29. The minimum Gasteiger partial charge on any atom is -0.394 e. The van der Waals surface area contributed by atoms with Gasteiger partial charge < -0.3 is 15.7 Å². The van der Waals surface area contributed by atoms with Gasteiger partial charge in [0.15, 0.2) is 5.82 Å². The van der Waals surface area contributed by atoms with E-state index in [4.69, 9.17) is 5.73 Å². The number of aryl methyl sites for hydroxylation is 2. The van der Waals surface area contributed by atoms with E-state index in [0.29, 0.717) is 5.92 Å². The van der Waals surface area contributed by atoms with E-state index < -0.39 is 0 Å². The van der Waals surface area contributed by atoms with Crippen LogP contribution in [0, 0.1) is 12.8 Å². The van der Waals surface area contributed by atoms with Crippen LogP contribution in [-0.4, -0.2) is 34.1 Å². The lowest BCUT2D eigenvalue weighted by Gasteiger charge is -2.21. The van der Waals surface area contributed by atoms with Gasteiger partial charge in [-0.25, -0.2) is 4.68 Å². The first kappa shape index (κ1) is 12.2. The molecule has 0 radical (unpaired) electrons. The highest BCUT2D eigenvalue weighted by Crippen LogP contribution is 2.31. The molecule has 2 unspecified atom stereocenters. The van der Waals surface area contributed by atoms with Crippen molar-refractivity contribution in [1.29, 1.82) is 0 Å². The van der Waals surface area contributed by atoms with Crippen molar-refractivity contribution in [3.05, 3.63) is 5.69 Å². The Kier molecular flexibility index (Phi) is 3.28. The van der Waals surface area contributed by atoms with Crippen molar-refractivity contribution in [1.82, 2.24) is 9.78 Å². The van der Waals surface area contributed by atoms with Gasteiger partial charge in [0.1, 0.15) is 0 Å². The molecule has 0 amide bonds. The van der Waals surface area contributed by atoms with Crippen molar-refractivity contribution < 1.29 is 5.11 Å². The highest BCUT2D eigenvalue weighted by molar-refractivity contribution is 5.66. The van der Waals surface area contributed by atoms with Crippen molar-refractivity contribution in [2.45, 2.75) is 39.8 Å². The number of aliphatic hydroxyl groups excluding tert-OH is 1. The van der Waals surface area contributed by atoms with Gasteiger partial charge in [-0.3, -0.25) is 0 Å². The maximum Gasteiger partial charge on any atom is 0.150 e. The van der Waals surface area contributed by atoms with Crippen molar-refractivity contribution in [2.75, 3.05) is 23.7 Å². The van der Waals surface area contributed by atoms with Gasteiger partial charge in [0.25, 0.3) is 0 Å². The molecule has 0 bridgehead atoms. The molecule has 2 atom stereocenters. The maximum absolute atomic E-state index is 9.64. The van der Waals surface area contributed by atoms with Crippen molar-refractivity contribution in [3.8, 4) is 0 Å². The number of aliphatic hydroxyl groups is 1. The predicted octanol–water partition coefficient (Wildman–Crippen LogP) is 1.00. The van der Waals surface area contributed by atoms with Crippen LogP contribution in [-0.2, 0) is 6.54 Å². The van der Waals surface area contributed by atoms with Crippen LogP contribution in [0.15, 0.2) is 0 Å². The molecule has 1 saturated heterocycles. The molecule has 2 heterocycles. The summed E-state index contributed by atoms with van der Waals surface area (Å²) in [5.41, 5.74) is 7.76. The predicted molar refractivity (Wildman–Crippen MR) is 69.1 cm³/mol. The Bertz CT molecular complexity index is 399. The quantitative estimate of drug-likeness (QED) is 0.824. The van der Waals surface area contributed by atoms with E-state index in [2.05, 4.69) is 16.9 Å². The summed E-state index contributed by atoms with van der Waals surface area (Å²) < 4.78 is 1.95. The van der Waals surface area contributed by atoms with Crippen LogP contribution < -0.4 is 10.6 Å². The smallest absolute Gasteiger partial charge is 0.150 e. The zero-order valence-corrected chi connectivity index (χ0v) is 10.8.